The molecular weight excluding hydrogens is 366 g/mol. The van der Waals surface area contributed by atoms with E-state index in [9.17, 15) is 14.7 Å². The molecule has 2 aromatic rings. The predicted octanol–water partition coefficient (Wildman–Crippen LogP) is 2.06. The highest BCUT2D eigenvalue weighted by atomic mass is 35.5. The summed E-state index contributed by atoms with van der Waals surface area (Å²) in [6.07, 6.45) is 2.37. The number of rotatable bonds is 6. The standard InChI is InChI=1S/C20H22ClN3O3/c21-15-8-6-14(7-9-15)20(27)24-13-3-5-17(24)18(25)19(26)23-12-10-16-4-1-2-11-22-16/h1-2,4,6-9,11,17-18,25H,3,5,10,12-13H2,(H,23,26). The second kappa shape index (κ2) is 8.97. The lowest BCUT2D eigenvalue weighted by molar-refractivity contribution is -0.131. The fourth-order valence-corrected chi connectivity index (χ4v) is 3.40. The van der Waals surface area contributed by atoms with Crippen LogP contribution in [0.5, 0.6) is 0 Å². The normalized spacial score (nSPS) is 17.6. The quantitative estimate of drug-likeness (QED) is 0.794. The number of carbonyl (C=O) groups is 2. The zero-order chi connectivity index (χ0) is 19.2. The number of carbonyl (C=O) groups excluding carboxylic acids is 2. The molecule has 2 N–H and O–H groups in total. The topological polar surface area (TPSA) is 82.5 Å². The molecule has 6 nitrogen and oxygen atoms in total. The average molecular weight is 388 g/mol. The van der Waals surface area contributed by atoms with Crippen molar-refractivity contribution in [2.75, 3.05) is 13.1 Å². The van der Waals surface area contributed by atoms with Crippen molar-refractivity contribution in [3.63, 3.8) is 0 Å². The summed E-state index contributed by atoms with van der Waals surface area (Å²) >= 11 is 5.87. The number of hydrogen-bond donors (Lipinski definition) is 2. The van der Waals surface area contributed by atoms with Crippen molar-refractivity contribution in [3.05, 3.63) is 64.9 Å². The number of pyridine rings is 1. The number of likely N-dealkylation sites (tertiary alicyclic amines) is 1. The highest BCUT2D eigenvalue weighted by Crippen LogP contribution is 2.23. The molecule has 0 radical (unpaired) electrons. The molecule has 7 heteroatoms. The van der Waals surface area contributed by atoms with E-state index in [2.05, 4.69) is 10.3 Å². The van der Waals surface area contributed by atoms with Gasteiger partial charge >= 0.3 is 0 Å². The van der Waals surface area contributed by atoms with Crippen LogP contribution in [0, 0.1) is 0 Å². The van der Waals surface area contributed by atoms with Crippen molar-refractivity contribution in [1.82, 2.24) is 15.2 Å². The first-order chi connectivity index (χ1) is 13.1. The van der Waals surface area contributed by atoms with E-state index >= 15 is 0 Å². The molecule has 1 aromatic carbocycles. The molecule has 2 heterocycles. The molecule has 0 aliphatic carbocycles. The molecule has 1 aromatic heterocycles. The molecule has 3 rings (SSSR count). The van der Waals surface area contributed by atoms with Crippen molar-refractivity contribution < 1.29 is 14.7 Å². The number of aliphatic hydroxyl groups excluding tert-OH is 1. The van der Waals surface area contributed by atoms with Crippen LogP contribution in [0.3, 0.4) is 0 Å². The lowest BCUT2D eigenvalue weighted by Crippen LogP contribution is -2.50. The van der Waals surface area contributed by atoms with Crippen molar-refractivity contribution in [1.29, 1.82) is 0 Å². The van der Waals surface area contributed by atoms with Gasteiger partial charge in [-0.3, -0.25) is 14.6 Å². The third kappa shape index (κ3) is 4.84. The van der Waals surface area contributed by atoms with Gasteiger partial charge in [0.15, 0.2) is 6.10 Å². The maximum atomic E-state index is 12.7. The van der Waals surface area contributed by atoms with Crippen molar-refractivity contribution in [2.24, 2.45) is 0 Å². The van der Waals surface area contributed by atoms with E-state index < -0.39 is 18.1 Å². The summed E-state index contributed by atoms with van der Waals surface area (Å²) < 4.78 is 0. The minimum absolute atomic E-state index is 0.200. The van der Waals surface area contributed by atoms with Crippen LogP contribution in [-0.4, -0.2) is 52.0 Å². The Bertz CT molecular complexity index is 783. The summed E-state index contributed by atoms with van der Waals surface area (Å²) in [5.74, 6) is -0.666. The maximum absolute atomic E-state index is 12.7. The molecule has 0 bridgehead atoms. The largest absolute Gasteiger partial charge is 0.381 e. The summed E-state index contributed by atoms with van der Waals surface area (Å²) in [5, 5.41) is 13.8. The van der Waals surface area contributed by atoms with Crippen LogP contribution in [0.2, 0.25) is 5.02 Å². The minimum atomic E-state index is -1.26. The highest BCUT2D eigenvalue weighted by Gasteiger charge is 2.37. The summed E-state index contributed by atoms with van der Waals surface area (Å²) in [6, 6.07) is 11.7. The number of aliphatic hydroxyl groups is 1. The molecule has 2 amide bonds. The number of benzene rings is 1. The lowest BCUT2D eigenvalue weighted by Gasteiger charge is -2.28. The fraction of sp³-hybridized carbons (Fsp3) is 0.350. The Morgan fingerprint density at radius 1 is 1.26 bits per heavy atom. The van der Waals surface area contributed by atoms with Gasteiger partial charge in [0.25, 0.3) is 11.8 Å². The molecule has 1 saturated heterocycles. The number of halogens is 1. The van der Waals surface area contributed by atoms with Crippen molar-refractivity contribution in [2.45, 2.75) is 31.4 Å². The molecule has 1 aliphatic heterocycles. The van der Waals surface area contributed by atoms with E-state index in [4.69, 9.17) is 11.6 Å². The van der Waals surface area contributed by atoms with Crippen LogP contribution >= 0.6 is 11.6 Å². The third-order valence-corrected chi connectivity index (χ3v) is 4.94. The Labute approximate surface area is 163 Å². The SMILES string of the molecule is O=C(NCCc1ccccn1)C(O)C1CCCN1C(=O)c1ccc(Cl)cc1. The number of amides is 2. The number of nitrogens with one attached hydrogen (secondary N) is 1. The Morgan fingerprint density at radius 2 is 2.04 bits per heavy atom. The molecular formula is C20H22ClN3O3. The first-order valence-corrected chi connectivity index (χ1v) is 9.36. The van der Waals surface area contributed by atoms with Gasteiger partial charge in [-0.1, -0.05) is 17.7 Å². The molecule has 1 aliphatic rings. The maximum Gasteiger partial charge on any atom is 0.254 e. The van der Waals surface area contributed by atoms with E-state index in [0.29, 0.717) is 36.5 Å². The third-order valence-electron chi connectivity index (χ3n) is 4.69. The first kappa shape index (κ1) is 19.3. The van der Waals surface area contributed by atoms with Crippen LogP contribution < -0.4 is 5.32 Å². The van der Waals surface area contributed by atoms with E-state index in [0.717, 1.165) is 12.1 Å². The van der Waals surface area contributed by atoms with Gasteiger partial charge < -0.3 is 15.3 Å². The molecule has 0 saturated carbocycles. The van der Waals surface area contributed by atoms with Crippen molar-refractivity contribution >= 4 is 23.4 Å². The second-order valence-electron chi connectivity index (χ2n) is 6.52. The van der Waals surface area contributed by atoms with Crippen LogP contribution in [0.1, 0.15) is 28.9 Å². The fourth-order valence-electron chi connectivity index (χ4n) is 3.27. The van der Waals surface area contributed by atoms with Gasteiger partial charge in [-0.15, -0.1) is 0 Å². The van der Waals surface area contributed by atoms with Crippen LogP contribution in [0.15, 0.2) is 48.7 Å². The molecule has 2 atom stereocenters. The number of nitrogens with zero attached hydrogens (tertiary/aromatic N) is 2. The molecule has 142 valence electrons. The van der Waals surface area contributed by atoms with E-state index in [1.807, 2.05) is 18.2 Å². The van der Waals surface area contributed by atoms with Gasteiger partial charge in [-0.05, 0) is 49.2 Å². The number of aromatic nitrogens is 1. The van der Waals surface area contributed by atoms with E-state index in [1.165, 1.54) is 0 Å². The molecule has 2 unspecified atom stereocenters. The van der Waals surface area contributed by atoms with Crippen molar-refractivity contribution in [3.8, 4) is 0 Å². The predicted molar refractivity (Wildman–Crippen MR) is 102 cm³/mol. The number of hydrogen-bond acceptors (Lipinski definition) is 4. The first-order valence-electron chi connectivity index (χ1n) is 8.98. The monoisotopic (exact) mass is 387 g/mol. The molecule has 1 fully saturated rings. The van der Waals surface area contributed by atoms with Gasteiger partial charge in [0.05, 0.1) is 6.04 Å². The Morgan fingerprint density at radius 3 is 2.74 bits per heavy atom. The van der Waals surface area contributed by atoms with Gasteiger partial charge in [0, 0.05) is 42.0 Å². The zero-order valence-corrected chi connectivity index (χ0v) is 15.6. The zero-order valence-electron chi connectivity index (χ0n) is 14.8. The van der Waals surface area contributed by atoms with Gasteiger partial charge in [0.2, 0.25) is 0 Å². The lowest BCUT2D eigenvalue weighted by atomic mass is 10.1. The van der Waals surface area contributed by atoms with E-state index in [-0.39, 0.29) is 5.91 Å². The molecule has 0 spiro atoms. The average Bonchev–Trinajstić information content (AvgIpc) is 3.18. The Kier molecular flexibility index (Phi) is 6.42. The summed E-state index contributed by atoms with van der Waals surface area (Å²) in [4.78, 5) is 30.8. The van der Waals surface area contributed by atoms with Crippen LogP contribution in [0.4, 0.5) is 0 Å². The van der Waals surface area contributed by atoms with Crippen LogP contribution in [0.25, 0.3) is 0 Å². The molecule has 27 heavy (non-hydrogen) atoms. The summed E-state index contributed by atoms with van der Waals surface area (Å²) in [7, 11) is 0. The second-order valence-corrected chi connectivity index (χ2v) is 6.96. The summed E-state index contributed by atoms with van der Waals surface area (Å²) in [6.45, 7) is 0.898. The van der Waals surface area contributed by atoms with Gasteiger partial charge in [-0.25, -0.2) is 0 Å². The van der Waals surface area contributed by atoms with Crippen LogP contribution in [-0.2, 0) is 11.2 Å². The Hall–Kier alpha value is -2.44. The smallest absolute Gasteiger partial charge is 0.254 e. The highest BCUT2D eigenvalue weighted by molar-refractivity contribution is 6.30. The van der Waals surface area contributed by atoms with E-state index in [1.54, 1.807) is 35.4 Å². The Balaban J connectivity index is 1.57. The van der Waals surface area contributed by atoms with Gasteiger partial charge in [-0.2, -0.15) is 0 Å². The summed E-state index contributed by atoms with van der Waals surface area (Å²) in [5.41, 5.74) is 1.36. The minimum Gasteiger partial charge on any atom is -0.381 e. The van der Waals surface area contributed by atoms with Gasteiger partial charge in [0.1, 0.15) is 0 Å².